The molecule has 5 aromatic carbocycles. The van der Waals surface area contributed by atoms with Crippen LogP contribution in [-0.2, 0) is 5.54 Å². The van der Waals surface area contributed by atoms with Crippen molar-refractivity contribution in [1.82, 2.24) is 0 Å². The number of benzene rings is 5. The number of rotatable bonds is 6. The Balaban J connectivity index is 1.89. The van der Waals surface area contributed by atoms with Gasteiger partial charge in [-0.25, -0.2) is 4.99 Å². The van der Waals surface area contributed by atoms with Crippen molar-refractivity contribution in [2.24, 2.45) is 4.99 Å². The van der Waals surface area contributed by atoms with Crippen LogP contribution in [0.2, 0.25) is 0 Å². The molecule has 0 N–H and O–H groups in total. The zero-order valence-corrected chi connectivity index (χ0v) is 21.6. The Bertz CT molecular complexity index is 1560. The summed E-state index contributed by atoms with van der Waals surface area (Å²) in [5.41, 5.74) is 9.13. The molecule has 1 aliphatic rings. The quantitative estimate of drug-likeness (QED) is 0.166. The Kier molecular flexibility index (Phi) is 6.50. The predicted molar refractivity (Wildman–Crippen MR) is 163 cm³/mol. The van der Waals surface area contributed by atoms with E-state index in [9.17, 15) is 0 Å². The zero-order valence-electron chi connectivity index (χ0n) is 20.8. The van der Waals surface area contributed by atoms with Crippen LogP contribution in [0.3, 0.4) is 0 Å². The SMILES string of the molecule is S=C=NC1(c2ccccc2)C(c2ccccc2)=C(c2ccccc2)C(c2ccccc2)=C1c1ccccc1. The molecule has 180 valence electrons. The van der Waals surface area contributed by atoms with Gasteiger partial charge in [0.15, 0.2) is 0 Å². The van der Waals surface area contributed by atoms with Gasteiger partial charge in [-0.05, 0) is 51.2 Å². The summed E-state index contributed by atoms with van der Waals surface area (Å²) in [5.74, 6) is 0. The largest absolute Gasteiger partial charge is 0.211 e. The van der Waals surface area contributed by atoms with E-state index < -0.39 is 5.54 Å². The highest BCUT2D eigenvalue weighted by atomic mass is 32.1. The van der Waals surface area contributed by atoms with Crippen molar-refractivity contribution in [1.29, 1.82) is 0 Å². The maximum absolute atomic E-state index is 5.42. The molecule has 0 saturated carbocycles. The Morgan fingerprint density at radius 1 is 0.421 bits per heavy atom. The third-order valence-corrected chi connectivity index (χ3v) is 7.22. The molecule has 0 spiro atoms. The standard InChI is InChI=1S/C36H25NS/c38-26-37-36(31-24-14-5-15-25-31)34(29-20-10-3-11-21-29)32(27-16-6-1-7-17-27)33(28-18-8-2-9-19-28)35(36)30-22-12-4-13-23-30/h1-25H. The molecule has 0 bridgehead atoms. The second-order valence-electron chi connectivity index (χ2n) is 9.24. The number of allylic oxidation sites excluding steroid dienone is 2. The van der Waals surface area contributed by atoms with E-state index in [1.165, 1.54) is 0 Å². The lowest BCUT2D eigenvalue weighted by molar-refractivity contribution is 0.777. The second kappa shape index (κ2) is 10.4. The fraction of sp³-hybridized carbons (Fsp3) is 0.0278. The van der Waals surface area contributed by atoms with E-state index in [1.807, 2.05) is 6.07 Å². The summed E-state index contributed by atoms with van der Waals surface area (Å²) >= 11 is 5.42. The van der Waals surface area contributed by atoms with Gasteiger partial charge >= 0.3 is 0 Å². The molecule has 0 aliphatic heterocycles. The van der Waals surface area contributed by atoms with Crippen LogP contribution in [0.4, 0.5) is 0 Å². The smallest absolute Gasteiger partial charge is 0.148 e. The summed E-state index contributed by atoms with van der Waals surface area (Å²) in [6.45, 7) is 0. The molecule has 0 aromatic heterocycles. The highest BCUT2D eigenvalue weighted by Crippen LogP contribution is 2.62. The molecule has 1 nitrogen and oxygen atoms in total. The van der Waals surface area contributed by atoms with Crippen LogP contribution in [0.5, 0.6) is 0 Å². The Labute approximate surface area is 229 Å². The highest BCUT2D eigenvalue weighted by molar-refractivity contribution is 7.78. The van der Waals surface area contributed by atoms with Crippen molar-refractivity contribution in [3.8, 4) is 0 Å². The topological polar surface area (TPSA) is 12.4 Å². The van der Waals surface area contributed by atoms with Crippen LogP contribution in [0.15, 0.2) is 157 Å². The predicted octanol–water partition coefficient (Wildman–Crippen LogP) is 9.22. The Morgan fingerprint density at radius 3 is 1.08 bits per heavy atom. The van der Waals surface area contributed by atoms with Gasteiger partial charge in [0.2, 0.25) is 0 Å². The monoisotopic (exact) mass is 503 g/mol. The van der Waals surface area contributed by atoms with Gasteiger partial charge in [0.05, 0.1) is 5.16 Å². The summed E-state index contributed by atoms with van der Waals surface area (Å²) in [6.07, 6.45) is 0. The first kappa shape index (κ1) is 23.8. The van der Waals surface area contributed by atoms with Crippen LogP contribution >= 0.6 is 12.2 Å². The number of aliphatic imine (C=N–C) groups is 1. The molecule has 0 heterocycles. The lowest BCUT2D eigenvalue weighted by atomic mass is 9.74. The number of hydrogen-bond acceptors (Lipinski definition) is 2. The van der Waals surface area contributed by atoms with E-state index in [1.54, 1.807) is 0 Å². The van der Waals surface area contributed by atoms with Gasteiger partial charge in [0.1, 0.15) is 5.54 Å². The molecule has 38 heavy (non-hydrogen) atoms. The minimum atomic E-state index is -0.901. The molecular weight excluding hydrogens is 478 g/mol. The van der Waals surface area contributed by atoms with E-state index in [4.69, 9.17) is 17.2 Å². The first-order valence-corrected chi connectivity index (χ1v) is 13.1. The fourth-order valence-corrected chi connectivity index (χ4v) is 5.79. The summed E-state index contributed by atoms with van der Waals surface area (Å²) in [4.78, 5) is 5.14. The van der Waals surface area contributed by atoms with Crippen molar-refractivity contribution < 1.29 is 0 Å². The van der Waals surface area contributed by atoms with Gasteiger partial charge in [-0.15, -0.1) is 0 Å². The minimum absolute atomic E-state index is 0.901. The minimum Gasteiger partial charge on any atom is -0.211 e. The molecule has 1 aliphatic carbocycles. The van der Waals surface area contributed by atoms with Crippen LogP contribution in [0.25, 0.3) is 22.3 Å². The van der Waals surface area contributed by atoms with Gasteiger partial charge in [0, 0.05) is 11.1 Å². The van der Waals surface area contributed by atoms with Gasteiger partial charge in [-0.2, -0.15) is 0 Å². The maximum atomic E-state index is 5.42. The average molecular weight is 504 g/mol. The molecule has 2 heteroatoms. The normalized spacial score (nSPS) is 14.3. The molecule has 0 atom stereocenters. The summed E-state index contributed by atoms with van der Waals surface area (Å²) in [6, 6.07) is 52.9. The molecule has 0 fully saturated rings. The molecule has 0 amide bonds. The van der Waals surface area contributed by atoms with Gasteiger partial charge < -0.3 is 0 Å². The molecular formula is C36H25NS. The number of thiocarbonyl (C=S) groups is 1. The lowest BCUT2D eigenvalue weighted by Crippen LogP contribution is -2.26. The maximum Gasteiger partial charge on any atom is 0.148 e. The van der Waals surface area contributed by atoms with E-state index in [0.717, 1.165) is 50.1 Å². The second-order valence-corrected chi connectivity index (χ2v) is 9.43. The Hall–Kier alpha value is -4.62. The van der Waals surface area contributed by atoms with E-state index in [0.29, 0.717) is 0 Å². The molecule has 6 rings (SSSR count). The number of hydrogen-bond donors (Lipinski definition) is 0. The summed E-state index contributed by atoms with van der Waals surface area (Å²) in [7, 11) is 0. The van der Waals surface area contributed by atoms with Crippen LogP contribution in [0.1, 0.15) is 27.8 Å². The van der Waals surface area contributed by atoms with Crippen molar-refractivity contribution in [3.63, 3.8) is 0 Å². The van der Waals surface area contributed by atoms with Crippen LogP contribution in [-0.4, -0.2) is 5.16 Å². The van der Waals surface area contributed by atoms with Crippen molar-refractivity contribution in [2.45, 2.75) is 5.54 Å². The van der Waals surface area contributed by atoms with Gasteiger partial charge in [-0.1, -0.05) is 152 Å². The Morgan fingerprint density at radius 2 is 0.737 bits per heavy atom. The number of isothiocyanates is 1. The van der Waals surface area contributed by atoms with Crippen molar-refractivity contribution >= 4 is 39.7 Å². The summed E-state index contributed by atoms with van der Waals surface area (Å²) in [5, 5.41) is 2.83. The van der Waals surface area contributed by atoms with E-state index in [2.05, 4.69) is 151 Å². The van der Waals surface area contributed by atoms with Crippen molar-refractivity contribution in [2.75, 3.05) is 0 Å². The van der Waals surface area contributed by atoms with Gasteiger partial charge in [-0.3, -0.25) is 0 Å². The fourth-order valence-electron chi connectivity index (χ4n) is 5.65. The average Bonchev–Trinajstić information content (AvgIpc) is 3.31. The third kappa shape index (κ3) is 3.97. The van der Waals surface area contributed by atoms with Gasteiger partial charge in [0.25, 0.3) is 0 Å². The lowest BCUT2D eigenvalue weighted by Gasteiger charge is -2.32. The van der Waals surface area contributed by atoms with Crippen LogP contribution < -0.4 is 0 Å². The third-order valence-electron chi connectivity index (χ3n) is 7.13. The number of nitrogens with zero attached hydrogens (tertiary/aromatic N) is 1. The first-order chi connectivity index (χ1) is 18.8. The van der Waals surface area contributed by atoms with E-state index >= 15 is 0 Å². The van der Waals surface area contributed by atoms with E-state index in [-0.39, 0.29) is 0 Å². The molecule has 0 radical (unpaired) electrons. The molecule has 0 saturated heterocycles. The highest BCUT2D eigenvalue weighted by Gasteiger charge is 2.50. The van der Waals surface area contributed by atoms with Crippen molar-refractivity contribution in [3.05, 3.63) is 179 Å². The zero-order chi connectivity index (χ0) is 25.8. The van der Waals surface area contributed by atoms with Crippen LogP contribution in [0, 0.1) is 0 Å². The first-order valence-electron chi connectivity index (χ1n) is 12.7. The molecule has 5 aromatic rings. The summed E-state index contributed by atoms with van der Waals surface area (Å²) < 4.78 is 0. The molecule has 0 unspecified atom stereocenters.